The second-order valence-corrected chi connectivity index (χ2v) is 5.27. The zero-order chi connectivity index (χ0) is 17.9. The van der Waals surface area contributed by atoms with Crippen LogP contribution in [0.2, 0.25) is 0 Å². The number of benzene rings is 1. The molecule has 0 aromatic heterocycles. The van der Waals surface area contributed by atoms with E-state index in [2.05, 4.69) is 0 Å². The minimum Gasteiger partial charge on any atom is -0.465 e. The van der Waals surface area contributed by atoms with Gasteiger partial charge in [0.05, 0.1) is 4.92 Å². The Kier molecular flexibility index (Phi) is 5.07. The van der Waals surface area contributed by atoms with E-state index >= 15 is 0 Å². The van der Waals surface area contributed by atoms with Gasteiger partial charge in [0.2, 0.25) is 0 Å². The quantitative estimate of drug-likeness (QED) is 0.436. The van der Waals surface area contributed by atoms with Gasteiger partial charge >= 0.3 is 6.09 Å². The van der Waals surface area contributed by atoms with Crippen LogP contribution in [0.5, 0.6) is 0 Å². The summed E-state index contributed by atoms with van der Waals surface area (Å²) in [4.78, 5) is 45.5. The molecular formula is C14H14FN3O6. The summed E-state index contributed by atoms with van der Waals surface area (Å²) in [5, 5.41) is 21.6. The van der Waals surface area contributed by atoms with Gasteiger partial charge in [-0.05, 0) is 18.9 Å². The number of carboxylic acid groups (broad SMARTS) is 1. The third-order valence-electron chi connectivity index (χ3n) is 3.52. The number of nitrogens with zero attached hydrogens (tertiary/aromatic N) is 2. The predicted octanol–water partition coefficient (Wildman–Crippen LogP) is 1.17. The fourth-order valence-electron chi connectivity index (χ4n) is 2.30. The normalized spacial score (nSPS) is 14.5. The molecule has 1 aliphatic carbocycles. The maximum Gasteiger partial charge on any atom is 0.405 e. The first-order valence-corrected chi connectivity index (χ1v) is 7.03. The fourth-order valence-corrected chi connectivity index (χ4v) is 2.30. The van der Waals surface area contributed by atoms with Gasteiger partial charge in [-0.2, -0.15) is 0 Å². The van der Waals surface area contributed by atoms with Crippen LogP contribution in [-0.4, -0.2) is 51.8 Å². The van der Waals surface area contributed by atoms with Crippen LogP contribution in [0.15, 0.2) is 18.2 Å². The highest BCUT2D eigenvalue weighted by molar-refractivity contribution is 5.99. The number of rotatable bonds is 7. The van der Waals surface area contributed by atoms with Gasteiger partial charge in [0.25, 0.3) is 11.6 Å². The first-order valence-electron chi connectivity index (χ1n) is 7.03. The van der Waals surface area contributed by atoms with Gasteiger partial charge in [-0.15, -0.1) is 0 Å². The Morgan fingerprint density at radius 3 is 2.67 bits per heavy atom. The Labute approximate surface area is 135 Å². The van der Waals surface area contributed by atoms with E-state index < -0.39 is 40.0 Å². The number of nitrogens with one attached hydrogen (secondary N) is 1. The summed E-state index contributed by atoms with van der Waals surface area (Å²) < 4.78 is 14.0. The van der Waals surface area contributed by atoms with Gasteiger partial charge in [0.1, 0.15) is 18.1 Å². The molecule has 1 aromatic carbocycles. The van der Waals surface area contributed by atoms with Crippen LogP contribution in [-0.2, 0) is 4.79 Å². The van der Waals surface area contributed by atoms with Crippen molar-refractivity contribution in [2.24, 2.45) is 0 Å². The van der Waals surface area contributed by atoms with Crippen molar-refractivity contribution in [2.75, 3.05) is 6.54 Å². The molecule has 0 saturated heterocycles. The number of hydrogen-bond acceptors (Lipinski definition) is 5. The summed E-state index contributed by atoms with van der Waals surface area (Å²) in [6.45, 7) is -0.329. The van der Waals surface area contributed by atoms with Crippen molar-refractivity contribution in [3.05, 3.63) is 39.7 Å². The second-order valence-electron chi connectivity index (χ2n) is 5.27. The molecule has 10 heteroatoms. The zero-order valence-electron chi connectivity index (χ0n) is 12.3. The lowest BCUT2D eigenvalue weighted by atomic mass is 10.1. The molecule has 2 N–H and O–H groups in total. The monoisotopic (exact) mass is 339 g/mol. The fraction of sp³-hybridized carbons (Fsp3) is 0.357. The number of carbonyl (C=O) groups is 3. The van der Waals surface area contributed by atoms with E-state index in [9.17, 15) is 28.9 Å². The number of nitro benzene ring substituents is 1. The molecule has 0 radical (unpaired) electrons. The Morgan fingerprint density at radius 1 is 1.50 bits per heavy atom. The molecule has 1 unspecified atom stereocenters. The maximum absolute atomic E-state index is 14.0. The van der Waals surface area contributed by atoms with Crippen molar-refractivity contribution in [1.29, 1.82) is 0 Å². The Morgan fingerprint density at radius 2 is 2.17 bits per heavy atom. The van der Waals surface area contributed by atoms with Gasteiger partial charge in [-0.3, -0.25) is 14.9 Å². The average molecular weight is 339 g/mol. The standard InChI is InChI=1S/C14H14FN3O6/c15-10-2-1-3-11(18(23)24)12(10)13(20)17(9-4-5-9)6-8(7-19)16-14(21)22/h1-3,7-9,16H,4-6H2,(H,21,22). The van der Waals surface area contributed by atoms with E-state index in [0.29, 0.717) is 19.1 Å². The highest BCUT2D eigenvalue weighted by Gasteiger charge is 2.38. The number of carbonyl (C=O) groups excluding carboxylic acids is 2. The number of aldehydes is 1. The Hall–Kier alpha value is -3.04. The van der Waals surface area contributed by atoms with Gasteiger partial charge < -0.3 is 20.1 Å². The SMILES string of the molecule is O=CC(CN(C(=O)c1c(F)cccc1[N+](=O)[O-])C1CC1)NC(=O)O. The molecule has 1 atom stereocenters. The molecule has 0 bridgehead atoms. The van der Waals surface area contributed by atoms with Crippen LogP contribution in [0.3, 0.4) is 0 Å². The van der Waals surface area contributed by atoms with Crippen molar-refractivity contribution >= 4 is 24.0 Å². The van der Waals surface area contributed by atoms with Crippen molar-refractivity contribution in [2.45, 2.75) is 24.9 Å². The van der Waals surface area contributed by atoms with Crippen LogP contribution in [0.25, 0.3) is 0 Å². The largest absolute Gasteiger partial charge is 0.465 e. The minimum atomic E-state index is -1.45. The van der Waals surface area contributed by atoms with Crippen LogP contribution in [0.4, 0.5) is 14.9 Å². The molecule has 128 valence electrons. The van der Waals surface area contributed by atoms with Crippen molar-refractivity contribution in [3.63, 3.8) is 0 Å². The van der Waals surface area contributed by atoms with E-state index in [4.69, 9.17) is 5.11 Å². The lowest BCUT2D eigenvalue weighted by molar-refractivity contribution is -0.385. The minimum absolute atomic E-state index is 0.310. The van der Waals surface area contributed by atoms with Crippen LogP contribution < -0.4 is 5.32 Å². The molecule has 1 saturated carbocycles. The average Bonchev–Trinajstić information content (AvgIpc) is 3.34. The molecule has 0 spiro atoms. The van der Waals surface area contributed by atoms with Crippen LogP contribution in [0, 0.1) is 15.9 Å². The molecule has 0 aliphatic heterocycles. The lowest BCUT2D eigenvalue weighted by Gasteiger charge is -2.25. The van der Waals surface area contributed by atoms with E-state index in [-0.39, 0.29) is 12.6 Å². The molecule has 0 heterocycles. The lowest BCUT2D eigenvalue weighted by Crippen LogP contribution is -2.47. The number of nitro groups is 1. The molecule has 1 aromatic rings. The summed E-state index contributed by atoms with van der Waals surface area (Å²) in [5.41, 5.74) is -1.38. The first-order chi connectivity index (χ1) is 11.3. The van der Waals surface area contributed by atoms with Crippen molar-refractivity contribution in [1.82, 2.24) is 10.2 Å². The first kappa shape index (κ1) is 17.3. The summed E-state index contributed by atoms with van der Waals surface area (Å²) in [6, 6.07) is 1.53. The third kappa shape index (κ3) is 3.83. The molecule has 1 aliphatic rings. The smallest absolute Gasteiger partial charge is 0.405 e. The zero-order valence-corrected chi connectivity index (χ0v) is 12.3. The number of amides is 2. The van der Waals surface area contributed by atoms with E-state index in [1.807, 2.05) is 5.32 Å². The van der Waals surface area contributed by atoms with E-state index in [1.54, 1.807) is 0 Å². The van der Waals surface area contributed by atoms with E-state index in [1.165, 1.54) is 0 Å². The number of halogens is 1. The molecule has 1 fully saturated rings. The maximum atomic E-state index is 14.0. The van der Waals surface area contributed by atoms with E-state index in [0.717, 1.165) is 23.1 Å². The third-order valence-corrected chi connectivity index (χ3v) is 3.52. The van der Waals surface area contributed by atoms with Gasteiger partial charge in [0, 0.05) is 18.7 Å². The topological polar surface area (TPSA) is 130 Å². The highest BCUT2D eigenvalue weighted by atomic mass is 19.1. The van der Waals surface area contributed by atoms with Gasteiger partial charge in [0.15, 0.2) is 5.56 Å². The molecule has 9 nitrogen and oxygen atoms in total. The summed E-state index contributed by atoms with van der Waals surface area (Å²) >= 11 is 0. The highest BCUT2D eigenvalue weighted by Crippen LogP contribution is 2.31. The summed E-state index contributed by atoms with van der Waals surface area (Å²) in [5.74, 6) is -1.99. The Balaban J connectivity index is 2.32. The predicted molar refractivity (Wildman–Crippen MR) is 78.1 cm³/mol. The van der Waals surface area contributed by atoms with Crippen molar-refractivity contribution < 1.29 is 28.8 Å². The molecular weight excluding hydrogens is 325 g/mol. The van der Waals surface area contributed by atoms with Crippen LogP contribution in [0.1, 0.15) is 23.2 Å². The summed E-state index contributed by atoms with van der Waals surface area (Å²) in [7, 11) is 0. The van der Waals surface area contributed by atoms with Crippen molar-refractivity contribution in [3.8, 4) is 0 Å². The number of hydrogen-bond donors (Lipinski definition) is 2. The van der Waals surface area contributed by atoms with Gasteiger partial charge in [-0.25, -0.2) is 9.18 Å². The molecule has 2 rings (SSSR count). The Bertz CT molecular complexity index is 691. The molecule has 24 heavy (non-hydrogen) atoms. The molecule has 2 amide bonds. The second kappa shape index (κ2) is 7.02. The summed E-state index contributed by atoms with van der Waals surface area (Å²) in [6.07, 6.45) is 0.0402. The van der Waals surface area contributed by atoms with Gasteiger partial charge in [-0.1, -0.05) is 6.07 Å². The van der Waals surface area contributed by atoms with Crippen LogP contribution >= 0.6 is 0 Å².